The predicted octanol–water partition coefficient (Wildman–Crippen LogP) is 1.95. The Labute approximate surface area is 118 Å². The summed E-state index contributed by atoms with van der Waals surface area (Å²) >= 11 is 1.11. The highest BCUT2D eigenvalue weighted by Crippen LogP contribution is 2.39. The van der Waals surface area contributed by atoms with Crippen LogP contribution in [0.4, 0.5) is 13.2 Å². The number of thioether (sulfide) groups is 1. The second-order valence-electron chi connectivity index (χ2n) is 4.54. The van der Waals surface area contributed by atoms with E-state index in [2.05, 4.69) is 10.2 Å². The third-order valence-corrected chi connectivity index (χ3v) is 3.79. The van der Waals surface area contributed by atoms with Gasteiger partial charge in [-0.05, 0) is 19.8 Å². The van der Waals surface area contributed by atoms with Gasteiger partial charge in [0.25, 0.3) is 0 Å². The Balaban J connectivity index is 1.86. The third kappa shape index (κ3) is 4.12. The van der Waals surface area contributed by atoms with E-state index < -0.39 is 18.6 Å². The first-order valence-corrected chi connectivity index (χ1v) is 7.28. The Morgan fingerprint density at radius 2 is 2.15 bits per heavy atom. The molecule has 1 aliphatic rings. The molecular formula is C11H15F3N4OS. The van der Waals surface area contributed by atoms with E-state index in [1.54, 1.807) is 0 Å². The molecule has 0 unspecified atom stereocenters. The van der Waals surface area contributed by atoms with Crippen molar-refractivity contribution in [3.8, 4) is 0 Å². The highest BCUT2D eigenvalue weighted by Gasteiger charge is 2.30. The minimum atomic E-state index is -4.39. The molecule has 1 heterocycles. The summed E-state index contributed by atoms with van der Waals surface area (Å²) in [7, 11) is 0. The fourth-order valence-electron chi connectivity index (χ4n) is 1.73. The molecule has 112 valence electrons. The van der Waals surface area contributed by atoms with Crippen molar-refractivity contribution in [3.05, 3.63) is 5.82 Å². The molecule has 9 heteroatoms. The quantitative estimate of drug-likeness (QED) is 0.816. The van der Waals surface area contributed by atoms with E-state index in [0.717, 1.165) is 30.4 Å². The molecule has 0 saturated heterocycles. The number of halogens is 3. The summed E-state index contributed by atoms with van der Waals surface area (Å²) in [6.07, 6.45) is -2.20. The lowest BCUT2D eigenvalue weighted by Crippen LogP contribution is -2.34. The van der Waals surface area contributed by atoms with Gasteiger partial charge in [-0.25, -0.2) is 0 Å². The molecule has 1 aromatic heterocycles. The number of carbonyl (C=O) groups is 1. The number of amides is 1. The maximum absolute atomic E-state index is 11.9. The molecule has 0 atom stereocenters. The second-order valence-corrected chi connectivity index (χ2v) is 5.48. The molecule has 0 radical (unpaired) electrons. The van der Waals surface area contributed by atoms with Crippen LogP contribution in [0.5, 0.6) is 0 Å². The van der Waals surface area contributed by atoms with Crippen LogP contribution in [-0.2, 0) is 11.3 Å². The number of hydrogen-bond acceptors (Lipinski definition) is 4. The molecule has 1 aromatic rings. The number of aromatic nitrogens is 3. The normalized spacial score (nSPS) is 15.4. The van der Waals surface area contributed by atoms with E-state index in [1.165, 1.54) is 0 Å². The van der Waals surface area contributed by atoms with Crippen molar-refractivity contribution in [2.75, 3.05) is 12.3 Å². The summed E-state index contributed by atoms with van der Waals surface area (Å²) in [5, 5.41) is 10.5. The van der Waals surface area contributed by atoms with Crippen molar-refractivity contribution < 1.29 is 18.0 Å². The molecule has 0 bridgehead atoms. The number of hydrogen-bond donors (Lipinski definition) is 1. The Morgan fingerprint density at radius 1 is 1.45 bits per heavy atom. The number of carbonyl (C=O) groups excluding carboxylic acids is 1. The monoisotopic (exact) mass is 308 g/mol. The van der Waals surface area contributed by atoms with Crippen LogP contribution in [0.25, 0.3) is 0 Å². The molecule has 0 aromatic carbocycles. The maximum atomic E-state index is 11.9. The number of nitrogens with zero attached hydrogens (tertiary/aromatic N) is 3. The summed E-state index contributed by atoms with van der Waals surface area (Å²) < 4.78 is 37.8. The Bertz CT molecular complexity index is 485. The molecule has 1 amide bonds. The van der Waals surface area contributed by atoms with Gasteiger partial charge in [0.1, 0.15) is 12.4 Å². The maximum Gasteiger partial charge on any atom is 0.405 e. The minimum absolute atomic E-state index is 0.0983. The molecular weight excluding hydrogens is 293 g/mol. The zero-order valence-electron chi connectivity index (χ0n) is 10.9. The highest BCUT2D eigenvalue weighted by atomic mass is 32.2. The number of alkyl halides is 3. The SMILES string of the molecule is CCn1c(SCC(=O)NCC(F)(F)F)nnc1C1CC1. The lowest BCUT2D eigenvalue weighted by molar-refractivity contribution is -0.136. The standard InChI is InChI=1S/C11H15F3N4OS/c1-2-18-9(7-3-4-7)16-17-10(18)20-5-8(19)15-6-11(12,13)14/h7H,2-6H2,1H3,(H,15,19). The van der Waals surface area contributed by atoms with Crippen molar-refractivity contribution in [2.24, 2.45) is 0 Å². The van der Waals surface area contributed by atoms with Gasteiger partial charge in [-0.15, -0.1) is 10.2 Å². The van der Waals surface area contributed by atoms with E-state index in [-0.39, 0.29) is 5.75 Å². The first kappa shape index (κ1) is 15.1. The highest BCUT2D eigenvalue weighted by molar-refractivity contribution is 7.99. The summed E-state index contributed by atoms with van der Waals surface area (Å²) in [4.78, 5) is 11.3. The van der Waals surface area contributed by atoms with E-state index in [9.17, 15) is 18.0 Å². The lowest BCUT2D eigenvalue weighted by atomic mass is 10.4. The Morgan fingerprint density at radius 3 is 2.70 bits per heavy atom. The van der Waals surface area contributed by atoms with E-state index >= 15 is 0 Å². The number of nitrogens with one attached hydrogen (secondary N) is 1. The first-order chi connectivity index (χ1) is 9.40. The van der Waals surface area contributed by atoms with Gasteiger partial charge in [0.15, 0.2) is 5.16 Å². The Kier molecular flexibility index (Phi) is 4.56. The molecule has 2 rings (SSSR count). The van der Waals surface area contributed by atoms with Crippen molar-refractivity contribution in [3.63, 3.8) is 0 Å². The van der Waals surface area contributed by atoms with E-state index in [0.29, 0.717) is 17.6 Å². The molecule has 1 aliphatic carbocycles. The summed E-state index contributed by atoms with van der Waals surface area (Å²) in [6.45, 7) is 1.33. The summed E-state index contributed by atoms with van der Waals surface area (Å²) in [5.74, 6) is 0.589. The fourth-order valence-corrected chi connectivity index (χ4v) is 2.57. The molecule has 1 saturated carbocycles. The Hall–Kier alpha value is -1.25. The van der Waals surface area contributed by atoms with Crippen LogP contribution in [0.1, 0.15) is 31.5 Å². The second kappa shape index (κ2) is 6.02. The van der Waals surface area contributed by atoms with E-state index in [4.69, 9.17) is 0 Å². The lowest BCUT2D eigenvalue weighted by Gasteiger charge is -2.08. The molecule has 20 heavy (non-hydrogen) atoms. The molecule has 0 aliphatic heterocycles. The van der Waals surface area contributed by atoms with Gasteiger partial charge >= 0.3 is 6.18 Å². The van der Waals surface area contributed by atoms with Crippen molar-refractivity contribution >= 4 is 17.7 Å². The van der Waals surface area contributed by atoms with Crippen LogP contribution in [-0.4, -0.2) is 39.1 Å². The zero-order valence-corrected chi connectivity index (χ0v) is 11.7. The van der Waals surface area contributed by atoms with Gasteiger partial charge in [0.05, 0.1) is 5.75 Å². The van der Waals surface area contributed by atoms with Crippen LogP contribution < -0.4 is 5.32 Å². The van der Waals surface area contributed by atoms with Gasteiger partial charge in [-0.2, -0.15) is 13.2 Å². The molecule has 1 N–H and O–H groups in total. The fraction of sp³-hybridized carbons (Fsp3) is 0.727. The zero-order chi connectivity index (χ0) is 14.8. The molecule has 0 spiro atoms. The van der Waals surface area contributed by atoms with Gasteiger partial charge in [-0.1, -0.05) is 11.8 Å². The van der Waals surface area contributed by atoms with Crippen molar-refractivity contribution in [1.29, 1.82) is 0 Å². The van der Waals surface area contributed by atoms with Gasteiger partial charge in [0, 0.05) is 12.5 Å². The molecule has 5 nitrogen and oxygen atoms in total. The van der Waals surface area contributed by atoms with Crippen LogP contribution in [0, 0.1) is 0 Å². The summed E-state index contributed by atoms with van der Waals surface area (Å²) in [6, 6.07) is 0. The average molecular weight is 308 g/mol. The average Bonchev–Trinajstić information content (AvgIpc) is 3.13. The van der Waals surface area contributed by atoms with Gasteiger partial charge in [-0.3, -0.25) is 4.79 Å². The minimum Gasteiger partial charge on any atom is -0.346 e. The van der Waals surface area contributed by atoms with Crippen LogP contribution in [0.3, 0.4) is 0 Å². The largest absolute Gasteiger partial charge is 0.405 e. The topological polar surface area (TPSA) is 59.8 Å². The smallest absolute Gasteiger partial charge is 0.346 e. The van der Waals surface area contributed by atoms with Gasteiger partial charge < -0.3 is 9.88 Å². The van der Waals surface area contributed by atoms with Crippen LogP contribution in [0.15, 0.2) is 5.16 Å². The summed E-state index contributed by atoms with van der Waals surface area (Å²) in [5.41, 5.74) is 0. The van der Waals surface area contributed by atoms with Crippen molar-refractivity contribution in [1.82, 2.24) is 20.1 Å². The van der Waals surface area contributed by atoms with Crippen LogP contribution >= 0.6 is 11.8 Å². The predicted molar refractivity (Wildman–Crippen MR) is 67.5 cm³/mol. The molecule has 1 fully saturated rings. The third-order valence-electron chi connectivity index (χ3n) is 2.82. The van der Waals surface area contributed by atoms with E-state index in [1.807, 2.05) is 16.8 Å². The first-order valence-electron chi connectivity index (χ1n) is 6.30. The van der Waals surface area contributed by atoms with Gasteiger partial charge in [0.2, 0.25) is 5.91 Å². The van der Waals surface area contributed by atoms with Crippen molar-refractivity contribution in [2.45, 2.75) is 43.6 Å². The van der Waals surface area contributed by atoms with Crippen LogP contribution in [0.2, 0.25) is 0 Å². The number of rotatable bonds is 6.